The first-order valence-electron chi connectivity index (χ1n) is 7.33. The molecule has 1 amide bonds. The fourth-order valence-electron chi connectivity index (χ4n) is 2.43. The third kappa shape index (κ3) is 3.31. The van der Waals surface area contributed by atoms with Crippen LogP contribution in [0.4, 0.5) is 5.69 Å². The van der Waals surface area contributed by atoms with Gasteiger partial charge in [0.25, 0.3) is 5.91 Å². The van der Waals surface area contributed by atoms with Gasteiger partial charge in [-0.1, -0.05) is 18.6 Å². The first-order chi connectivity index (χ1) is 9.63. The molecule has 1 N–H and O–H groups in total. The van der Waals surface area contributed by atoms with E-state index in [4.69, 9.17) is 4.74 Å². The molecule has 0 aliphatic carbocycles. The van der Waals surface area contributed by atoms with Gasteiger partial charge in [-0.05, 0) is 31.9 Å². The van der Waals surface area contributed by atoms with Gasteiger partial charge >= 0.3 is 0 Å². The number of hydrogen-bond donors (Lipinski definition) is 1. The number of carbonyl (C=O) groups is 1. The van der Waals surface area contributed by atoms with Crippen LogP contribution in [0.15, 0.2) is 18.2 Å². The number of nitrogens with zero attached hydrogens (tertiary/aromatic N) is 1. The highest BCUT2D eigenvalue weighted by Crippen LogP contribution is 2.21. The van der Waals surface area contributed by atoms with Crippen molar-refractivity contribution in [2.24, 2.45) is 0 Å². The van der Waals surface area contributed by atoms with Gasteiger partial charge in [-0.3, -0.25) is 4.79 Å². The normalized spacial score (nSPS) is 18.1. The van der Waals surface area contributed by atoms with E-state index in [2.05, 4.69) is 12.2 Å². The van der Waals surface area contributed by atoms with Crippen LogP contribution in [0.2, 0.25) is 0 Å². The molecule has 20 heavy (non-hydrogen) atoms. The van der Waals surface area contributed by atoms with Crippen LogP contribution in [0.3, 0.4) is 0 Å². The molecular weight excluding hydrogens is 252 g/mol. The molecule has 1 atom stereocenters. The van der Waals surface area contributed by atoms with E-state index in [0.717, 1.165) is 42.8 Å². The lowest BCUT2D eigenvalue weighted by molar-refractivity contribution is 0.0712. The summed E-state index contributed by atoms with van der Waals surface area (Å²) >= 11 is 0. The summed E-state index contributed by atoms with van der Waals surface area (Å²) in [5, 5.41) is 3.34. The number of likely N-dealkylation sites (N-methyl/N-ethyl adjacent to an activating group) is 1. The molecule has 0 saturated carbocycles. The van der Waals surface area contributed by atoms with Crippen LogP contribution in [-0.4, -0.2) is 43.7 Å². The van der Waals surface area contributed by atoms with E-state index in [1.165, 1.54) is 0 Å². The summed E-state index contributed by atoms with van der Waals surface area (Å²) in [7, 11) is 1.87. The number of aryl methyl sites for hydroxylation is 1. The maximum absolute atomic E-state index is 12.7. The molecular formula is C16H24N2O2. The number of hydrogen-bond acceptors (Lipinski definition) is 3. The van der Waals surface area contributed by atoms with Gasteiger partial charge in [-0.2, -0.15) is 0 Å². The maximum atomic E-state index is 12.7. The summed E-state index contributed by atoms with van der Waals surface area (Å²) in [6.07, 6.45) is 1.96. The van der Waals surface area contributed by atoms with Crippen molar-refractivity contribution in [1.29, 1.82) is 0 Å². The van der Waals surface area contributed by atoms with Crippen LogP contribution in [0, 0.1) is 6.92 Å². The third-order valence-corrected chi connectivity index (χ3v) is 3.74. The average molecular weight is 276 g/mol. The fourth-order valence-corrected chi connectivity index (χ4v) is 2.43. The van der Waals surface area contributed by atoms with Crippen molar-refractivity contribution in [2.75, 3.05) is 32.1 Å². The van der Waals surface area contributed by atoms with E-state index in [0.29, 0.717) is 6.61 Å². The van der Waals surface area contributed by atoms with Gasteiger partial charge in [-0.15, -0.1) is 0 Å². The summed E-state index contributed by atoms with van der Waals surface area (Å²) in [4.78, 5) is 14.5. The highest BCUT2D eigenvalue weighted by molar-refractivity contribution is 5.99. The average Bonchev–Trinajstić information content (AvgIpc) is 2.98. The lowest BCUT2D eigenvalue weighted by atomic mass is 10.1. The molecule has 2 rings (SSSR count). The van der Waals surface area contributed by atoms with E-state index in [-0.39, 0.29) is 11.9 Å². The van der Waals surface area contributed by atoms with Crippen LogP contribution in [0.5, 0.6) is 0 Å². The number of amides is 1. The topological polar surface area (TPSA) is 41.6 Å². The quantitative estimate of drug-likeness (QED) is 0.899. The predicted molar refractivity (Wildman–Crippen MR) is 81.3 cm³/mol. The summed E-state index contributed by atoms with van der Waals surface area (Å²) in [6.45, 7) is 6.39. The standard InChI is InChI=1S/C16H24N2O2/c1-4-8-17-15-6-5-12(2)10-14(15)16(19)18(3)13-7-9-20-11-13/h5-6,10,13,17H,4,7-9,11H2,1-3H3. The van der Waals surface area contributed by atoms with Crippen LogP contribution in [0.1, 0.15) is 35.7 Å². The van der Waals surface area contributed by atoms with Gasteiger partial charge < -0.3 is 15.0 Å². The Morgan fingerprint density at radius 3 is 2.95 bits per heavy atom. The Morgan fingerprint density at radius 2 is 2.30 bits per heavy atom. The lowest BCUT2D eigenvalue weighted by Gasteiger charge is -2.24. The van der Waals surface area contributed by atoms with Crippen LogP contribution >= 0.6 is 0 Å². The second kappa shape index (κ2) is 6.75. The molecule has 1 aliphatic rings. The van der Waals surface area contributed by atoms with E-state index in [1.54, 1.807) is 0 Å². The van der Waals surface area contributed by atoms with Crippen molar-refractivity contribution in [3.05, 3.63) is 29.3 Å². The Labute approximate surface area is 121 Å². The monoisotopic (exact) mass is 276 g/mol. The number of carbonyl (C=O) groups excluding carboxylic acids is 1. The predicted octanol–water partition coefficient (Wildman–Crippen LogP) is 2.68. The van der Waals surface area contributed by atoms with Crippen LogP contribution in [0.25, 0.3) is 0 Å². The van der Waals surface area contributed by atoms with Crippen molar-refractivity contribution in [3.63, 3.8) is 0 Å². The molecule has 1 aromatic rings. The Kier molecular flexibility index (Phi) is 5.01. The highest BCUT2D eigenvalue weighted by atomic mass is 16.5. The molecule has 1 aliphatic heterocycles. The minimum absolute atomic E-state index is 0.0720. The molecule has 110 valence electrons. The zero-order valence-corrected chi connectivity index (χ0v) is 12.6. The zero-order valence-electron chi connectivity index (χ0n) is 12.6. The molecule has 1 fully saturated rings. The molecule has 0 spiro atoms. The number of benzene rings is 1. The molecule has 0 bridgehead atoms. The molecule has 1 heterocycles. The minimum atomic E-state index is 0.0720. The van der Waals surface area contributed by atoms with Gasteiger partial charge in [0.2, 0.25) is 0 Å². The Morgan fingerprint density at radius 1 is 1.50 bits per heavy atom. The first-order valence-corrected chi connectivity index (χ1v) is 7.33. The second-order valence-electron chi connectivity index (χ2n) is 5.41. The molecule has 4 nitrogen and oxygen atoms in total. The number of nitrogens with one attached hydrogen (secondary N) is 1. The van der Waals surface area contributed by atoms with Crippen LogP contribution in [-0.2, 0) is 4.74 Å². The van der Waals surface area contributed by atoms with E-state index < -0.39 is 0 Å². The summed E-state index contributed by atoms with van der Waals surface area (Å²) in [5.74, 6) is 0.0720. The molecule has 4 heteroatoms. The Balaban J connectivity index is 2.20. The summed E-state index contributed by atoms with van der Waals surface area (Å²) in [6, 6.07) is 6.19. The van der Waals surface area contributed by atoms with Gasteiger partial charge in [0, 0.05) is 25.9 Å². The van der Waals surface area contributed by atoms with Gasteiger partial charge in [0.05, 0.1) is 18.2 Å². The smallest absolute Gasteiger partial charge is 0.256 e. The van der Waals surface area contributed by atoms with Gasteiger partial charge in [-0.25, -0.2) is 0 Å². The summed E-state index contributed by atoms with van der Waals surface area (Å²) in [5.41, 5.74) is 2.78. The maximum Gasteiger partial charge on any atom is 0.256 e. The Bertz CT molecular complexity index is 468. The number of rotatable bonds is 5. The van der Waals surface area contributed by atoms with Crippen molar-refractivity contribution < 1.29 is 9.53 Å². The summed E-state index contributed by atoms with van der Waals surface area (Å²) < 4.78 is 5.37. The molecule has 1 unspecified atom stereocenters. The number of anilines is 1. The highest BCUT2D eigenvalue weighted by Gasteiger charge is 2.26. The Hall–Kier alpha value is -1.55. The van der Waals surface area contributed by atoms with E-state index in [1.807, 2.05) is 37.1 Å². The molecule has 0 aromatic heterocycles. The first kappa shape index (κ1) is 14.9. The van der Waals surface area contributed by atoms with Crippen molar-refractivity contribution in [3.8, 4) is 0 Å². The van der Waals surface area contributed by atoms with Crippen LogP contribution < -0.4 is 5.32 Å². The zero-order chi connectivity index (χ0) is 14.5. The lowest BCUT2D eigenvalue weighted by Crippen LogP contribution is -2.37. The van der Waals surface area contributed by atoms with Gasteiger partial charge in [0.1, 0.15) is 0 Å². The van der Waals surface area contributed by atoms with Crippen molar-refractivity contribution >= 4 is 11.6 Å². The fraction of sp³-hybridized carbons (Fsp3) is 0.562. The largest absolute Gasteiger partial charge is 0.384 e. The van der Waals surface area contributed by atoms with Crippen molar-refractivity contribution in [1.82, 2.24) is 4.90 Å². The SMILES string of the molecule is CCCNc1ccc(C)cc1C(=O)N(C)C1CCOC1. The third-order valence-electron chi connectivity index (χ3n) is 3.74. The van der Waals surface area contributed by atoms with E-state index >= 15 is 0 Å². The molecule has 1 saturated heterocycles. The molecule has 1 aromatic carbocycles. The second-order valence-corrected chi connectivity index (χ2v) is 5.41. The van der Waals surface area contributed by atoms with Gasteiger partial charge in [0.15, 0.2) is 0 Å². The molecule has 0 radical (unpaired) electrons. The van der Waals surface area contributed by atoms with E-state index in [9.17, 15) is 4.79 Å². The van der Waals surface area contributed by atoms with Crippen molar-refractivity contribution in [2.45, 2.75) is 32.7 Å². The number of ether oxygens (including phenoxy) is 1. The minimum Gasteiger partial charge on any atom is -0.384 e.